The molecule has 2 rings (SSSR count). The number of aromatic amines is 1. The minimum Gasteiger partial charge on any atom is -0.326 e. The monoisotopic (exact) mass is 258 g/mol. The number of amides is 2. The summed E-state index contributed by atoms with van der Waals surface area (Å²) in [5.41, 5.74) is 2.03. The first-order valence-electron chi connectivity index (χ1n) is 5.79. The molecule has 2 amide bonds. The van der Waals surface area contributed by atoms with E-state index in [1.54, 1.807) is 36.5 Å². The fraction of sp³-hybridized carbons (Fsp3) is 0.154. The van der Waals surface area contributed by atoms with Gasteiger partial charge in [0.2, 0.25) is 11.8 Å². The average molecular weight is 258 g/mol. The van der Waals surface area contributed by atoms with Gasteiger partial charge in [0.25, 0.3) is 0 Å². The first-order valence-corrected chi connectivity index (χ1v) is 5.79. The van der Waals surface area contributed by atoms with E-state index in [2.05, 4.69) is 20.8 Å². The van der Waals surface area contributed by atoms with E-state index in [1.165, 1.54) is 6.92 Å². The van der Waals surface area contributed by atoms with Crippen molar-refractivity contribution >= 4 is 23.2 Å². The largest absolute Gasteiger partial charge is 0.326 e. The van der Waals surface area contributed by atoms with E-state index >= 15 is 0 Å². The van der Waals surface area contributed by atoms with Gasteiger partial charge >= 0.3 is 0 Å². The number of nitrogens with one attached hydrogen (secondary N) is 3. The van der Waals surface area contributed by atoms with Crippen LogP contribution in [0.2, 0.25) is 0 Å². The predicted octanol–water partition coefficient (Wildman–Crippen LogP) is 1.55. The second kappa shape index (κ2) is 5.81. The van der Waals surface area contributed by atoms with Crippen molar-refractivity contribution in [2.45, 2.75) is 13.3 Å². The zero-order valence-electron chi connectivity index (χ0n) is 10.4. The Hall–Kier alpha value is -2.63. The summed E-state index contributed by atoms with van der Waals surface area (Å²) >= 11 is 0. The van der Waals surface area contributed by atoms with Gasteiger partial charge in [0, 0.05) is 30.2 Å². The van der Waals surface area contributed by atoms with Gasteiger partial charge < -0.3 is 10.6 Å². The van der Waals surface area contributed by atoms with E-state index < -0.39 is 0 Å². The Morgan fingerprint density at radius 1 is 1.21 bits per heavy atom. The summed E-state index contributed by atoms with van der Waals surface area (Å²) in [6, 6.07) is 8.72. The number of carbonyl (C=O) groups excluding carboxylic acids is 2. The highest BCUT2D eigenvalue weighted by molar-refractivity contribution is 5.94. The van der Waals surface area contributed by atoms with Crippen molar-refractivity contribution in [2.75, 3.05) is 10.6 Å². The summed E-state index contributed by atoms with van der Waals surface area (Å²) in [6.45, 7) is 1.43. The van der Waals surface area contributed by atoms with Crippen molar-refractivity contribution in [1.82, 2.24) is 10.2 Å². The second-order valence-electron chi connectivity index (χ2n) is 4.07. The van der Waals surface area contributed by atoms with E-state index in [4.69, 9.17) is 0 Å². The summed E-state index contributed by atoms with van der Waals surface area (Å²) in [4.78, 5) is 22.7. The fourth-order valence-electron chi connectivity index (χ4n) is 1.64. The molecule has 0 aliphatic heterocycles. The Labute approximate surface area is 110 Å². The maximum absolute atomic E-state index is 11.8. The molecule has 0 aliphatic carbocycles. The van der Waals surface area contributed by atoms with Crippen LogP contribution in [0.5, 0.6) is 0 Å². The van der Waals surface area contributed by atoms with Crippen molar-refractivity contribution in [1.29, 1.82) is 0 Å². The van der Waals surface area contributed by atoms with Crippen LogP contribution in [0.15, 0.2) is 36.5 Å². The summed E-state index contributed by atoms with van der Waals surface area (Å²) in [6.07, 6.45) is 1.82. The predicted molar refractivity (Wildman–Crippen MR) is 71.7 cm³/mol. The molecule has 0 saturated heterocycles. The van der Waals surface area contributed by atoms with E-state index in [0.717, 1.165) is 5.69 Å². The third-order valence-corrected chi connectivity index (χ3v) is 2.38. The van der Waals surface area contributed by atoms with E-state index in [1.807, 2.05) is 0 Å². The molecule has 19 heavy (non-hydrogen) atoms. The molecule has 0 saturated carbocycles. The van der Waals surface area contributed by atoms with Crippen LogP contribution in [0.3, 0.4) is 0 Å². The summed E-state index contributed by atoms with van der Waals surface area (Å²) in [5, 5.41) is 11.9. The Balaban J connectivity index is 1.98. The summed E-state index contributed by atoms with van der Waals surface area (Å²) in [7, 11) is 0. The molecule has 0 aliphatic rings. The zero-order chi connectivity index (χ0) is 13.7. The topological polar surface area (TPSA) is 86.9 Å². The molecule has 0 radical (unpaired) electrons. The van der Waals surface area contributed by atoms with Gasteiger partial charge in [-0.25, -0.2) is 0 Å². The van der Waals surface area contributed by atoms with Gasteiger partial charge in [0.05, 0.1) is 6.42 Å². The Morgan fingerprint density at radius 2 is 1.95 bits per heavy atom. The number of H-pyrrole nitrogens is 1. The van der Waals surface area contributed by atoms with E-state index in [0.29, 0.717) is 11.4 Å². The third kappa shape index (κ3) is 3.95. The molecular weight excluding hydrogens is 244 g/mol. The van der Waals surface area contributed by atoms with Gasteiger partial charge in [0.15, 0.2) is 0 Å². The average Bonchev–Trinajstić information content (AvgIpc) is 2.81. The van der Waals surface area contributed by atoms with Crippen LogP contribution >= 0.6 is 0 Å². The van der Waals surface area contributed by atoms with E-state index in [-0.39, 0.29) is 18.2 Å². The van der Waals surface area contributed by atoms with Crippen LogP contribution in [0.1, 0.15) is 12.6 Å². The molecule has 2 aromatic rings. The molecule has 1 aromatic heterocycles. The fourth-order valence-corrected chi connectivity index (χ4v) is 1.64. The van der Waals surface area contributed by atoms with Gasteiger partial charge in [-0.1, -0.05) is 6.07 Å². The molecule has 6 heteroatoms. The summed E-state index contributed by atoms with van der Waals surface area (Å²) in [5.74, 6) is -0.301. The molecule has 0 fully saturated rings. The SMILES string of the molecule is CC(=O)Nc1cccc(NC(=O)Cc2ccn[nH]2)c1. The van der Waals surface area contributed by atoms with Gasteiger partial charge in [-0.3, -0.25) is 14.7 Å². The Kier molecular flexibility index (Phi) is 3.92. The molecule has 1 aromatic carbocycles. The lowest BCUT2D eigenvalue weighted by Crippen LogP contribution is -2.15. The lowest BCUT2D eigenvalue weighted by molar-refractivity contribution is -0.116. The standard InChI is InChI=1S/C13H14N4O2/c1-9(18)15-10-3-2-4-11(7-10)16-13(19)8-12-5-6-14-17-12/h2-7H,8H2,1H3,(H,14,17)(H,15,18)(H,16,19). The van der Waals surface area contributed by atoms with Gasteiger partial charge in [0.1, 0.15) is 0 Å². The number of hydrogen-bond donors (Lipinski definition) is 3. The van der Waals surface area contributed by atoms with Crippen LogP contribution in [0, 0.1) is 0 Å². The molecule has 3 N–H and O–H groups in total. The van der Waals surface area contributed by atoms with E-state index in [9.17, 15) is 9.59 Å². The number of anilines is 2. The molecule has 0 spiro atoms. The molecular formula is C13H14N4O2. The maximum atomic E-state index is 11.8. The highest BCUT2D eigenvalue weighted by atomic mass is 16.2. The first-order chi connectivity index (χ1) is 9.13. The normalized spacial score (nSPS) is 9.95. The number of nitrogens with zero attached hydrogens (tertiary/aromatic N) is 1. The molecule has 6 nitrogen and oxygen atoms in total. The van der Waals surface area contributed by atoms with Crippen molar-refractivity contribution < 1.29 is 9.59 Å². The van der Waals surface area contributed by atoms with Crippen LogP contribution in [0.25, 0.3) is 0 Å². The van der Waals surface area contributed by atoms with Gasteiger partial charge in [-0.2, -0.15) is 5.10 Å². The van der Waals surface area contributed by atoms with Crippen LogP contribution in [-0.2, 0) is 16.0 Å². The van der Waals surface area contributed by atoms with Crippen molar-refractivity contribution in [3.05, 3.63) is 42.2 Å². The Bertz CT molecular complexity index is 578. The van der Waals surface area contributed by atoms with Crippen molar-refractivity contribution in [2.24, 2.45) is 0 Å². The van der Waals surface area contributed by atoms with Crippen molar-refractivity contribution in [3.8, 4) is 0 Å². The highest BCUT2D eigenvalue weighted by Gasteiger charge is 2.05. The van der Waals surface area contributed by atoms with Crippen LogP contribution in [0.4, 0.5) is 11.4 Å². The first kappa shape index (κ1) is 12.8. The lowest BCUT2D eigenvalue weighted by Gasteiger charge is -2.07. The van der Waals surface area contributed by atoms with Gasteiger partial charge in [-0.05, 0) is 24.3 Å². The van der Waals surface area contributed by atoms with Gasteiger partial charge in [-0.15, -0.1) is 0 Å². The summed E-state index contributed by atoms with van der Waals surface area (Å²) < 4.78 is 0. The lowest BCUT2D eigenvalue weighted by atomic mass is 10.2. The van der Waals surface area contributed by atoms with Crippen LogP contribution in [-0.4, -0.2) is 22.0 Å². The second-order valence-corrected chi connectivity index (χ2v) is 4.07. The number of rotatable bonds is 4. The molecule has 0 bridgehead atoms. The quantitative estimate of drug-likeness (QED) is 0.777. The molecule has 98 valence electrons. The number of hydrogen-bond acceptors (Lipinski definition) is 3. The molecule has 1 heterocycles. The maximum Gasteiger partial charge on any atom is 0.230 e. The molecule has 0 unspecified atom stereocenters. The minimum atomic E-state index is -0.152. The molecule has 0 atom stereocenters. The minimum absolute atomic E-state index is 0.149. The third-order valence-electron chi connectivity index (χ3n) is 2.38. The van der Waals surface area contributed by atoms with Crippen molar-refractivity contribution in [3.63, 3.8) is 0 Å². The smallest absolute Gasteiger partial charge is 0.230 e. The zero-order valence-corrected chi connectivity index (χ0v) is 10.4. The number of aromatic nitrogens is 2. The number of carbonyl (C=O) groups is 2. The Morgan fingerprint density at radius 3 is 2.58 bits per heavy atom. The number of benzene rings is 1. The highest BCUT2D eigenvalue weighted by Crippen LogP contribution is 2.15. The van der Waals surface area contributed by atoms with Crippen LogP contribution < -0.4 is 10.6 Å².